The number of nitrogens with one attached hydrogen (secondary N) is 4. The third-order valence-corrected chi connectivity index (χ3v) is 16.5. The molecule has 5 atom stereocenters. The Morgan fingerprint density at radius 2 is 1.49 bits per heavy atom. The maximum Gasteiger partial charge on any atom is 0.417 e. The number of hydrogen-bond acceptors (Lipinski definition) is 14. The van der Waals surface area contributed by atoms with E-state index in [9.17, 15) is 48.3 Å². The Kier molecular flexibility index (Phi) is 22.6. The summed E-state index contributed by atoms with van der Waals surface area (Å²) in [7, 11) is 1.46. The zero-order chi connectivity index (χ0) is 64.1. The lowest BCUT2D eigenvalue weighted by molar-refractivity contribution is -0.137. The van der Waals surface area contributed by atoms with Crippen molar-refractivity contribution in [3.05, 3.63) is 95.6 Å². The van der Waals surface area contributed by atoms with Crippen LogP contribution in [0.4, 0.5) is 26.7 Å². The minimum atomic E-state index is -1.35. The number of ether oxygens (including phenoxy) is 4. The molecule has 4 aliphatic heterocycles. The smallest absolute Gasteiger partial charge is 0.417 e. The average molecular weight is 1250 g/mol. The first-order valence-electron chi connectivity index (χ1n) is 30.5. The highest BCUT2D eigenvalue weighted by atomic mass is 35.5. The van der Waals surface area contributed by atoms with E-state index in [1.807, 2.05) is 30.3 Å². The third-order valence-electron chi connectivity index (χ3n) is 16.1. The van der Waals surface area contributed by atoms with Gasteiger partial charge in [-0.3, -0.25) is 38.5 Å². The second-order valence-corrected chi connectivity index (χ2v) is 24.4. The molecule has 3 unspecified atom stereocenters. The second-order valence-electron chi connectivity index (χ2n) is 24.1. The minimum absolute atomic E-state index is 0.0703. The van der Waals surface area contributed by atoms with Crippen molar-refractivity contribution < 1.29 is 67.2 Å². The number of urea groups is 1. The molecule has 8 rings (SSSR count). The molecule has 0 bridgehead atoms. The Labute approximate surface area is 523 Å². The quantitative estimate of drug-likeness (QED) is 0.0179. The van der Waals surface area contributed by atoms with Gasteiger partial charge in [-0.1, -0.05) is 56.7 Å². The average Bonchev–Trinajstić information content (AvgIpc) is 1.70. The summed E-state index contributed by atoms with van der Waals surface area (Å²) in [5, 5.41) is 24.4. The fraction of sp³-hybridized carbons (Fsp3) is 0.492. The molecule has 0 aromatic heterocycles. The van der Waals surface area contributed by atoms with E-state index in [-0.39, 0.29) is 110 Å². The molecule has 23 nitrogen and oxygen atoms in total. The maximum absolute atomic E-state index is 14.2. The molecule has 10 amide bonds. The number of fused-ring (bicyclic) bond motifs is 5. The summed E-state index contributed by atoms with van der Waals surface area (Å²) >= 11 is 6.62. The fourth-order valence-electron chi connectivity index (χ4n) is 11.6. The van der Waals surface area contributed by atoms with Crippen LogP contribution in [0.25, 0.3) is 10.8 Å². The minimum Gasteiger partial charge on any atom is -0.493 e. The van der Waals surface area contributed by atoms with Crippen LogP contribution in [0.15, 0.2) is 78.9 Å². The Hall–Kier alpha value is -8.44. The molecular formula is C65H82ClN9O14. The van der Waals surface area contributed by atoms with Gasteiger partial charge in [-0.15, -0.1) is 11.6 Å². The van der Waals surface area contributed by atoms with Gasteiger partial charge < -0.3 is 60.9 Å². The molecule has 1 saturated heterocycles. The number of nitrogens with zero attached hydrogens (tertiary/aromatic N) is 4. The van der Waals surface area contributed by atoms with Gasteiger partial charge in [0.1, 0.15) is 30.0 Å². The summed E-state index contributed by atoms with van der Waals surface area (Å²) in [4.78, 5) is 123. The molecule has 4 aromatic rings. The Balaban J connectivity index is 0.862. The summed E-state index contributed by atoms with van der Waals surface area (Å²) < 4.78 is 24.1. The van der Waals surface area contributed by atoms with Crippen molar-refractivity contribution in [3.63, 3.8) is 0 Å². The van der Waals surface area contributed by atoms with Crippen LogP contribution in [-0.2, 0) is 40.1 Å². The lowest BCUT2D eigenvalue weighted by atomic mass is 9.95. The molecule has 4 heterocycles. The summed E-state index contributed by atoms with van der Waals surface area (Å²) in [6.45, 7) is 10.3. The van der Waals surface area contributed by atoms with Crippen molar-refractivity contribution in [2.24, 2.45) is 11.7 Å². The normalized spacial score (nSPS) is 17.6. The van der Waals surface area contributed by atoms with E-state index in [1.165, 1.54) is 25.3 Å². The van der Waals surface area contributed by atoms with Crippen molar-refractivity contribution in [2.45, 2.75) is 154 Å². The number of hydrogen-bond donors (Lipinski definition) is 6. The first-order chi connectivity index (χ1) is 42.6. The third kappa shape index (κ3) is 16.6. The number of carbonyl (C=O) groups excluding carboxylic acids is 9. The maximum atomic E-state index is 14.2. The number of halogens is 1. The van der Waals surface area contributed by atoms with E-state index < -0.39 is 53.9 Å². The van der Waals surface area contributed by atoms with Gasteiger partial charge in [0.2, 0.25) is 23.6 Å². The van der Waals surface area contributed by atoms with Crippen LogP contribution in [0, 0.1) is 5.92 Å². The molecule has 7 N–H and O–H groups in total. The SMILES string of the molecule is COc1cc2c(cc1OCCCCCC(=O)N1C[C@@H](CCl)c3c1cc(OCc1ccc(NC(=O)C(CCCNC(N)=O)NC(=O)[C@@H](NC(=O)CCCCCN4C(=O)C=CC4=O)C(C)C)cc1)c1ccccc31)N(C(=O)OC(C)(C)C)C(O)C1CCCN1C2=O. The van der Waals surface area contributed by atoms with Crippen LogP contribution in [0.5, 0.6) is 17.2 Å². The Morgan fingerprint density at radius 1 is 0.798 bits per heavy atom. The number of imide groups is 1. The molecule has 0 spiro atoms. The molecule has 89 heavy (non-hydrogen) atoms. The lowest BCUT2D eigenvalue weighted by Gasteiger charge is -2.33. The van der Waals surface area contributed by atoms with Gasteiger partial charge in [-0.25, -0.2) is 14.5 Å². The number of unbranched alkanes of at least 4 members (excludes halogenated alkanes) is 4. The predicted octanol–water partition coefficient (Wildman–Crippen LogP) is 7.91. The number of rotatable bonds is 28. The van der Waals surface area contributed by atoms with Gasteiger partial charge in [0.05, 0.1) is 36.7 Å². The van der Waals surface area contributed by atoms with Crippen LogP contribution in [0.2, 0.25) is 0 Å². The van der Waals surface area contributed by atoms with Gasteiger partial charge in [-0.05, 0) is 119 Å². The van der Waals surface area contributed by atoms with E-state index in [0.29, 0.717) is 88.2 Å². The summed E-state index contributed by atoms with van der Waals surface area (Å²) in [5.74, 6) is -1.61. The van der Waals surface area contributed by atoms with E-state index in [1.54, 1.807) is 74.8 Å². The second kappa shape index (κ2) is 30.2. The topological polar surface area (TPSA) is 298 Å². The summed E-state index contributed by atoms with van der Waals surface area (Å²) in [5.41, 5.74) is 7.64. The van der Waals surface area contributed by atoms with Crippen molar-refractivity contribution in [1.29, 1.82) is 0 Å². The van der Waals surface area contributed by atoms with Gasteiger partial charge in [0.15, 0.2) is 17.7 Å². The van der Waals surface area contributed by atoms with E-state index in [0.717, 1.165) is 37.4 Å². The largest absolute Gasteiger partial charge is 0.493 e. The van der Waals surface area contributed by atoms with Gasteiger partial charge in [-0.2, -0.15) is 0 Å². The molecule has 4 aliphatic rings. The summed E-state index contributed by atoms with van der Waals surface area (Å²) in [6, 6.07) is 16.5. The van der Waals surface area contributed by atoms with E-state index in [2.05, 4.69) is 21.3 Å². The highest BCUT2D eigenvalue weighted by Gasteiger charge is 2.46. The number of nitrogens with two attached hydrogens (primary N) is 1. The van der Waals surface area contributed by atoms with Crippen LogP contribution < -0.4 is 51.0 Å². The first-order valence-corrected chi connectivity index (χ1v) is 31.1. The van der Waals surface area contributed by atoms with Crippen LogP contribution in [0.3, 0.4) is 0 Å². The molecular weight excluding hydrogens is 1170 g/mol. The lowest BCUT2D eigenvalue weighted by Crippen LogP contribution is -2.54. The standard InChI is InChI=1S/C65H82ClN9O14/c1-39(2)58(71-53(76)21-9-7-13-30-73-55(78)27-28-56(73)79)60(81)70-46(19-15-29-68-63(67)84)59(80)69-42-25-23-40(24-26-42)38-88-50-35-49-57(44-18-12-11-17-43(44)50)41(36-66)37-74(49)54(77)22-10-8-14-32-87-52-34-48-45(33-51(52)86-6)61(82)72-31-16-20-47(72)62(83)75(48)64(85)89-65(3,4)5/h11-12,17-18,23-28,33-35,39,41,46-47,58,62,83H,7-10,13-16,19-22,29-32,36-38H2,1-6H3,(H,69,80)(H,70,81)(H,71,76)(H3,67,68,84)/t41-,46?,47?,58+,62?/m1/s1. The van der Waals surface area contributed by atoms with Crippen molar-refractivity contribution >= 4 is 92.9 Å². The highest BCUT2D eigenvalue weighted by molar-refractivity contribution is 6.19. The number of anilines is 3. The number of carbonyl (C=O) groups is 9. The monoisotopic (exact) mass is 1250 g/mol. The summed E-state index contributed by atoms with van der Waals surface area (Å²) in [6.07, 6.45) is 5.61. The molecule has 0 radical (unpaired) electrons. The molecule has 478 valence electrons. The van der Waals surface area contributed by atoms with Gasteiger partial charge in [0.25, 0.3) is 17.7 Å². The molecule has 1 fully saturated rings. The van der Waals surface area contributed by atoms with Crippen LogP contribution in [0.1, 0.15) is 139 Å². The molecule has 0 aliphatic carbocycles. The Bertz CT molecular complexity index is 3300. The van der Waals surface area contributed by atoms with E-state index >= 15 is 0 Å². The van der Waals surface area contributed by atoms with Gasteiger partial charge >= 0.3 is 12.1 Å². The number of aliphatic hydroxyl groups is 1. The molecule has 4 aromatic carbocycles. The van der Waals surface area contributed by atoms with E-state index in [4.69, 9.17) is 36.3 Å². The van der Waals surface area contributed by atoms with Crippen LogP contribution >= 0.6 is 11.6 Å². The number of alkyl halides is 1. The van der Waals surface area contributed by atoms with Crippen molar-refractivity contribution in [1.82, 2.24) is 25.8 Å². The fourth-order valence-corrected chi connectivity index (χ4v) is 11.8. The first kappa shape index (κ1) is 66.5. The van der Waals surface area contributed by atoms with Crippen LogP contribution in [-0.4, -0.2) is 144 Å². The van der Waals surface area contributed by atoms with Gasteiger partial charge in [0, 0.05) is 86.2 Å². The predicted molar refractivity (Wildman–Crippen MR) is 335 cm³/mol. The highest BCUT2D eigenvalue weighted by Crippen LogP contribution is 2.47. The Morgan fingerprint density at radius 3 is 2.18 bits per heavy atom. The van der Waals surface area contributed by atoms with Crippen molar-refractivity contribution in [2.75, 3.05) is 60.9 Å². The molecule has 0 saturated carbocycles. The van der Waals surface area contributed by atoms with Crippen molar-refractivity contribution in [3.8, 4) is 17.2 Å². The number of amides is 10. The zero-order valence-electron chi connectivity index (χ0n) is 51.4. The molecule has 24 heteroatoms. The number of primary amides is 1. The number of benzene rings is 4. The number of aliphatic hydroxyl groups excluding tert-OH is 1. The zero-order valence-corrected chi connectivity index (χ0v) is 52.2. The number of methoxy groups -OCH3 is 1.